The maximum Gasteiger partial charge on any atom is 0.317 e. The lowest BCUT2D eigenvalue weighted by Crippen LogP contribution is -2.45. The Hall–Kier alpha value is -2.86. The highest BCUT2D eigenvalue weighted by molar-refractivity contribution is 5.74. The first-order valence-electron chi connectivity index (χ1n) is 10.4. The molecule has 0 radical (unpaired) electrons. The van der Waals surface area contributed by atoms with Crippen molar-refractivity contribution < 1.29 is 9.90 Å². The minimum Gasteiger partial charge on any atom is -0.393 e. The number of aliphatic hydroxyl groups excluding tert-OH is 1. The van der Waals surface area contributed by atoms with Crippen LogP contribution in [0.15, 0.2) is 60.9 Å². The fourth-order valence-electron chi connectivity index (χ4n) is 4.08. The molecule has 1 saturated heterocycles. The molecule has 6 nitrogen and oxygen atoms in total. The van der Waals surface area contributed by atoms with E-state index in [0.717, 1.165) is 37.0 Å². The molecule has 1 fully saturated rings. The number of imidazole rings is 1. The van der Waals surface area contributed by atoms with Gasteiger partial charge in [0.2, 0.25) is 0 Å². The number of aryl methyl sites for hydroxylation is 1. The Bertz CT molecular complexity index is 932. The highest BCUT2D eigenvalue weighted by atomic mass is 16.3. The normalized spacial score (nSPS) is 16.1. The largest absolute Gasteiger partial charge is 0.393 e. The minimum atomic E-state index is -0.307. The number of carbonyl (C=O) groups excluding carboxylic acids is 1. The summed E-state index contributed by atoms with van der Waals surface area (Å²) in [6.07, 6.45) is 6.80. The molecule has 1 aliphatic rings. The van der Waals surface area contributed by atoms with Crippen molar-refractivity contribution in [3.8, 4) is 0 Å². The van der Waals surface area contributed by atoms with Crippen LogP contribution in [0.3, 0.4) is 0 Å². The Labute approximate surface area is 171 Å². The summed E-state index contributed by atoms with van der Waals surface area (Å²) in [5, 5.41) is 13.6. The van der Waals surface area contributed by atoms with Gasteiger partial charge in [-0.3, -0.25) is 0 Å². The first-order chi connectivity index (χ1) is 14.2. The number of urea groups is 1. The third kappa shape index (κ3) is 4.77. The molecule has 1 aromatic carbocycles. The smallest absolute Gasteiger partial charge is 0.317 e. The van der Waals surface area contributed by atoms with Gasteiger partial charge in [0, 0.05) is 19.3 Å². The summed E-state index contributed by atoms with van der Waals surface area (Å²) < 4.78 is 1.98. The highest BCUT2D eigenvalue weighted by Crippen LogP contribution is 2.23. The fourth-order valence-corrected chi connectivity index (χ4v) is 4.08. The van der Waals surface area contributed by atoms with Crippen LogP contribution >= 0.6 is 0 Å². The number of aromatic nitrogens is 2. The van der Waals surface area contributed by atoms with E-state index in [0.29, 0.717) is 19.6 Å². The van der Waals surface area contributed by atoms with Crippen LogP contribution in [0.2, 0.25) is 0 Å². The van der Waals surface area contributed by atoms with Gasteiger partial charge in [0.25, 0.3) is 0 Å². The average Bonchev–Trinajstić information content (AvgIpc) is 3.20. The van der Waals surface area contributed by atoms with E-state index in [-0.39, 0.29) is 18.1 Å². The van der Waals surface area contributed by atoms with Crippen LogP contribution in [0.25, 0.3) is 5.65 Å². The van der Waals surface area contributed by atoms with E-state index in [2.05, 4.69) is 22.4 Å². The van der Waals surface area contributed by atoms with Crippen LogP contribution in [-0.4, -0.2) is 44.6 Å². The van der Waals surface area contributed by atoms with Gasteiger partial charge in [0.1, 0.15) is 5.65 Å². The number of piperidine rings is 1. The van der Waals surface area contributed by atoms with Crippen LogP contribution in [0, 0.1) is 5.92 Å². The van der Waals surface area contributed by atoms with Gasteiger partial charge in [-0.1, -0.05) is 36.4 Å². The zero-order valence-electron chi connectivity index (χ0n) is 16.6. The second kappa shape index (κ2) is 9.09. The summed E-state index contributed by atoms with van der Waals surface area (Å²) >= 11 is 0. The van der Waals surface area contributed by atoms with Gasteiger partial charge in [-0.05, 0) is 49.3 Å². The Morgan fingerprint density at radius 2 is 1.90 bits per heavy atom. The van der Waals surface area contributed by atoms with Gasteiger partial charge in [-0.25, -0.2) is 9.78 Å². The maximum atomic E-state index is 12.5. The summed E-state index contributed by atoms with van der Waals surface area (Å²) in [7, 11) is 0. The molecule has 1 aliphatic heterocycles. The summed E-state index contributed by atoms with van der Waals surface area (Å²) in [6.45, 7) is 1.82. The number of nitrogens with zero attached hydrogens (tertiary/aromatic N) is 3. The molecular weight excluding hydrogens is 364 g/mol. The van der Waals surface area contributed by atoms with Gasteiger partial charge in [-0.2, -0.15) is 0 Å². The lowest BCUT2D eigenvalue weighted by molar-refractivity contribution is 0.0610. The summed E-state index contributed by atoms with van der Waals surface area (Å²) in [6, 6.07) is 16.1. The summed E-state index contributed by atoms with van der Waals surface area (Å²) in [5.74, 6) is 0.265. The molecule has 3 heterocycles. The number of fused-ring (bicyclic) bond motifs is 1. The Morgan fingerprint density at radius 3 is 2.69 bits per heavy atom. The minimum absolute atomic E-state index is 0.0480. The number of hydrogen-bond acceptors (Lipinski definition) is 3. The first-order valence-corrected chi connectivity index (χ1v) is 10.4. The van der Waals surface area contributed by atoms with E-state index in [1.165, 1.54) is 5.56 Å². The van der Waals surface area contributed by atoms with Crippen LogP contribution < -0.4 is 5.32 Å². The standard InChI is InChI=1S/C23H28N4O2/c28-21(10-9-18-6-2-1-3-7-18)19-11-14-26(15-12-19)23(29)25-17-20-16-24-22-8-4-5-13-27(20)22/h1-8,13,16,19,21,28H,9-12,14-15,17H2,(H,25,29). The van der Waals surface area contributed by atoms with E-state index in [9.17, 15) is 9.90 Å². The van der Waals surface area contributed by atoms with Crippen LogP contribution in [0.1, 0.15) is 30.5 Å². The van der Waals surface area contributed by atoms with Crippen molar-refractivity contribution in [3.63, 3.8) is 0 Å². The molecule has 0 aliphatic carbocycles. The molecule has 2 N–H and O–H groups in total. The number of amides is 2. The molecule has 2 amide bonds. The molecule has 2 aromatic heterocycles. The second-order valence-corrected chi connectivity index (χ2v) is 7.75. The van der Waals surface area contributed by atoms with Gasteiger partial charge in [-0.15, -0.1) is 0 Å². The molecule has 0 spiro atoms. The number of hydrogen-bond donors (Lipinski definition) is 2. The van der Waals surface area contributed by atoms with Gasteiger partial charge >= 0.3 is 6.03 Å². The van der Waals surface area contributed by atoms with Gasteiger partial charge < -0.3 is 19.7 Å². The number of carbonyl (C=O) groups is 1. The number of pyridine rings is 1. The van der Waals surface area contributed by atoms with Crippen molar-refractivity contribution in [2.75, 3.05) is 13.1 Å². The predicted molar refractivity (Wildman–Crippen MR) is 112 cm³/mol. The second-order valence-electron chi connectivity index (χ2n) is 7.75. The lowest BCUT2D eigenvalue weighted by Gasteiger charge is -2.34. The molecular formula is C23H28N4O2. The molecule has 1 atom stereocenters. The van der Waals surface area contributed by atoms with E-state index in [1.54, 1.807) is 6.20 Å². The highest BCUT2D eigenvalue weighted by Gasteiger charge is 2.27. The number of nitrogens with one attached hydrogen (secondary N) is 1. The topological polar surface area (TPSA) is 69.9 Å². The molecule has 0 saturated carbocycles. The summed E-state index contributed by atoms with van der Waals surface area (Å²) in [4.78, 5) is 18.7. The monoisotopic (exact) mass is 392 g/mol. The number of likely N-dealkylation sites (tertiary alicyclic amines) is 1. The maximum absolute atomic E-state index is 12.5. The van der Waals surface area contributed by atoms with E-state index < -0.39 is 0 Å². The van der Waals surface area contributed by atoms with Crippen molar-refractivity contribution in [1.82, 2.24) is 19.6 Å². The van der Waals surface area contributed by atoms with Crippen molar-refractivity contribution in [2.24, 2.45) is 5.92 Å². The molecule has 1 unspecified atom stereocenters. The molecule has 29 heavy (non-hydrogen) atoms. The molecule has 152 valence electrons. The van der Waals surface area contributed by atoms with Crippen LogP contribution in [0.4, 0.5) is 4.79 Å². The molecule has 4 rings (SSSR count). The molecule has 6 heteroatoms. The van der Waals surface area contributed by atoms with Gasteiger partial charge in [0.05, 0.1) is 24.5 Å². The van der Waals surface area contributed by atoms with Gasteiger partial charge in [0.15, 0.2) is 0 Å². The summed E-state index contributed by atoms with van der Waals surface area (Å²) in [5.41, 5.74) is 3.10. The molecule has 3 aromatic rings. The van der Waals surface area contributed by atoms with E-state index in [1.807, 2.05) is 51.9 Å². The van der Waals surface area contributed by atoms with E-state index >= 15 is 0 Å². The van der Waals surface area contributed by atoms with Crippen LogP contribution in [0.5, 0.6) is 0 Å². The lowest BCUT2D eigenvalue weighted by atomic mass is 9.88. The number of benzene rings is 1. The zero-order chi connectivity index (χ0) is 20.1. The zero-order valence-corrected chi connectivity index (χ0v) is 16.6. The quantitative estimate of drug-likeness (QED) is 0.677. The third-order valence-electron chi connectivity index (χ3n) is 5.86. The van der Waals surface area contributed by atoms with Crippen molar-refractivity contribution in [3.05, 3.63) is 72.2 Å². The van der Waals surface area contributed by atoms with Crippen molar-refractivity contribution >= 4 is 11.7 Å². The number of aliphatic hydroxyl groups is 1. The van der Waals surface area contributed by atoms with Crippen molar-refractivity contribution in [2.45, 2.75) is 38.3 Å². The Balaban J connectivity index is 1.22. The SMILES string of the molecule is O=C(NCc1cnc2ccccn12)N1CCC(C(O)CCc2ccccc2)CC1. The van der Waals surface area contributed by atoms with E-state index in [4.69, 9.17) is 0 Å². The Morgan fingerprint density at radius 1 is 1.14 bits per heavy atom. The Kier molecular flexibility index (Phi) is 6.10. The fraction of sp³-hybridized carbons (Fsp3) is 0.391. The molecule has 0 bridgehead atoms. The predicted octanol–water partition coefficient (Wildman–Crippen LogP) is 3.25. The number of rotatable bonds is 6. The van der Waals surface area contributed by atoms with Crippen molar-refractivity contribution in [1.29, 1.82) is 0 Å². The van der Waals surface area contributed by atoms with Crippen LogP contribution in [-0.2, 0) is 13.0 Å². The first kappa shape index (κ1) is 19.5. The average molecular weight is 393 g/mol. The third-order valence-corrected chi connectivity index (χ3v) is 5.86.